The zero-order valence-electron chi connectivity index (χ0n) is 38.7. The van der Waals surface area contributed by atoms with Crippen molar-refractivity contribution in [2.75, 3.05) is 14.6 Å². The fourth-order valence-electron chi connectivity index (χ4n) is 11.2. The largest absolute Gasteiger partial charge is 0.376 e. The molecule has 2 aliphatic heterocycles. The summed E-state index contributed by atoms with van der Waals surface area (Å²) < 4.78 is 2.56. The lowest BCUT2D eigenvalue weighted by molar-refractivity contribution is 1.26. The van der Waals surface area contributed by atoms with Crippen LogP contribution < -0.4 is 25.5 Å². The summed E-state index contributed by atoms with van der Waals surface area (Å²) in [7, 11) is 0. The second-order valence-electron chi connectivity index (χ2n) is 18.4. The Morgan fingerprint density at radius 3 is 1.45 bits per heavy atom. The van der Waals surface area contributed by atoms with Crippen molar-refractivity contribution in [2.24, 2.45) is 0 Å². The van der Waals surface area contributed by atoms with Gasteiger partial charge in [0.25, 0.3) is 0 Å². The van der Waals surface area contributed by atoms with Crippen LogP contribution in [-0.2, 0) is 0 Å². The highest BCUT2D eigenvalue weighted by Gasteiger charge is 2.46. The number of thiophene rings is 1. The summed E-state index contributed by atoms with van der Waals surface area (Å²) in [6, 6.07) is 98.1. The number of fused-ring (bicyclic) bond motifs is 8. The lowest BCUT2D eigenvalue weighted by Crippen LogP contribution is -2.61. The third-order valence-electron chi connectivity index (χ3n) is 14.4. The first-order valence-corrected chi connectivity index (χ1v) is 25.2. The number of hydrogen-bond donors (Lipinski definition) is 0. The van der Waals surface area contributed by atoms with Gasteiger partial charge in [-0.15, -0.1) is 11.3 Å². The number of benzene rings is 11. The third-order valence-corrected chi connectivity index (χ3v) is 15.5. The molecule has 0 fully saturated rings. The van der Waals surface area contributed by atoms with E-state index in [0.29, 0.717) is 0 Å². The molecule has 0 saturated heterocycles. The number of anilines is 8. The smallest absolute Gasteiger partial charge is 0.333 e. The zero-order chi connectivity index (χ0) is 46.8. The minimum atomic E-state index is -0.179. The number of hydrogen-bond acceptors (Lipinski definition) is 4. The number of nitrogens with zero attached hydrogens (tertiary/aromatic N) is 3. The summed E-state index contributed by atoms with van der Waals surface area (Å²) in [6.07, 6.45) is 0. The fourth-order valence-corrected chi connectivity index (χ4v) is 12.4. The molecular formula is C66H44BN3S. The Balaban J connectivity index is 1.09. The molecule has 3 nitrogen and oxygen atoms in total. The number of rotatable bonds is 8. The van der Waals surface area contributed by atoms with Gasteiger partial charge in [0.05, 0.1) is 0 Å². The molecule has 0 amide bonds. The van der Waals surface area contributed by atoms with Gasteiger partial charge in [-0.3, -0.25) is 0 Å². The molecule has 14 rings (SSSR count). The Morgan fingerprint density at radius 1 is 0.352 bits per heavy atom. The second-order valence-corrected chi connectivity index (χ2v) is 19.5. The van der Waals surface area contributed by atoms with E-state index in [-0.39, 0.29) is 6.85 Å². The molecular weight excluding hydrogens is 878 g/mol. The maximum atomic E-state index is 2.64. The van der Waals surface area contributed by atoms with E-state index in [1.807, 2.05) is 11.3 Å². The molecule has 1 aromatic heterocycles. The molecule has 0 N–H and O–H groups in total. The average Bonchev–Trinajstić information content (AvgIpc) is 3.83. The van der Waals surface area contributed by atoms with E-state index < -0.39 is 0 Å². The topological polar surface area (TPSA) is 9.72 Å². The lowest BCUT2D eigenvalue weighted by atomic mass is 9.43. The Bertz CT molecular complexity index is 3880. The van der Waals surface area contributed by atoms with Gasteiger partial charge in [0.15, 0.2) is 0 Å². The van der Waals surface area contributed by atoms with Crippen molar-refractivity contribution in [1.82, 2.24) is 0 Å². The maximum absolute atomic E-state index is 2.64. The summed E-state index contributed by atoms with van der Waals surface area (Å²) in [5.41, 5.74) is 21.3. The van der Waals surface area contributed by atoms with Crippen LogP contribution in [0.5, 0.6) is 0 Å². The van der Waals surface area contributed by atoms with Crippen molar-refractivity contribution in [3.63, 3.8) is 0 Å². The van der Waals surface area contributed by atoms with Crippen molar-refractivity contribution in [1.29, 1.82) is 0 Å². The van der Waals surface area contributed by atoms with E-state index >= 15 is 0 Å². The quantitative estimate of drug-likeness (QED) is 0.141. The van der Waals surface area contributed by atoms with Gasteiger partial charge in [-0.25, -0.2) is 0 Å². The Kier molecular flexibility index (Phi) is 9.82. The first-order chi connectivity index (χ1) is 35.2. The van der Waals surface area contributed by atoms with Gasteiger partial charge in [-0.1, -0.05) is 182 Å². The third kappa shape index (κ3) is 6.88. The molecule has 5 heteroatoms. The van der Waals surface area contributed by atoms with E-state index in [9.17, 15) is 0 Å². The van der Waals surface area contributed by atoms with E-state index in [1.165, 1.54) is 92.7 Å². The summed E-state index contributed by atoms with van der Waals surface area (Å²) in [4.78, 5) is 7.58. The van der Waals surface area contributed by atoms with E-state index in [0.717, 1.165) is 28.4 Å². The van der Waals surface area contributed by atoms with Gasteiger partial charge >= 0.3 is 6.85 Å². The van der Waals surface area contributed by atoms with Crippen LogP contribution in [0.1, 0.15) is 0 Å². The average molecular weight is 922 g/mol. The van der Waals surface area contributed by atoms with Crippen LogP contribution in [0.25, 0.3) is 64.7 Å². The van der Waals surface area contributed by atoms with Crippen molar-refractivity contribution in [3.05, 3.63) is 267 Å². The molecule has 0 aliphatic carbocycles. The molecule has 0 atom stereocenters. The standard InChI is InChI=1S/C66H44BN3S/c1-6-18-45(19-7-1)48-30-35-53(36-31-48)69-60-40-34-50(47-22-10-3-11-23-47)42-58(60)67-66-61(69)44-63-64(56-28-16-17-29-62(56)71-63)65(66)57-43-55(68(51-24-12-4-13-25-51)52-26-14-5-15-27-52)39-41-59(57)70(67)54-37-32-49(33-38-54)46-20-8-2-9-21-46/h1-44H. The van der Waals surface area contributed by atoms with E-state index in [1.54, 1.807) is 0 Å². The van der Waals surface area contributed by atoms with Gasteiger partial charge in [0.1, 0.15) is 0 Å². The SMILES string of the molecule is c1ccc(-c2ccc(N3B4c5cc(-c6ccccc6)ccc5N(c5ccc(-c6ccccc6)cc5)c5cc6sc7ccccc7c6c(c54)-c4cc(N(c5ccccc5)c5ccccc5)ccc43)cc2)cc1. The van der Waals surface area contributed by atoms with E-state index in [4.69, 9.17) is 0 Å². The highest BCUT2D eigenvalue weighted by atomic mass is 32.1. The van der Waals surface area contributed by atoms with Crippen molar-refractivity contribution in [3.8, 4) is 44.5 Å². The van der Waals surface area contributed by atoms with Crippen LogP contribution in [0.2, 0.25) is 0 Å². The van der Waals surface area contributed by atoms with Crippen LogP contribution >= 0.6 is 11.3 Å². The molecule has 332 valence electrons. The lowest BCUT2D eigenvalue weighted by Gasteiger charge is -2.46. The van der Waals surface area contributed by atoms with Crippen LogP contribution in [-0.4, -0.2) is 6.85 Å². The summed E-state index contributed by atoms with van der Waals surface area (Å²) in [5.74, 6) is 0. The highest BCUT2D eigenvalue weighted by molar-refractivity contribution is 7.26. The second kappa shape index (κ2) is 17.0. The Hall–Kier alpha value is -8.90. The van der Waals surface area contributed by atoms with Gasteiger partial charge in [0.2, 0.25) is 0 Å². The van der Waals surface area contributed by atoms with E-state index in [2.05, 4.69) is 282 Å². The minimum absolute atomic E-state index is 0.179. The summed E-state index contributed by atoms with van der Waals surface area (Å²) >= 11 is 1.89. The Labute approximate surface area is 418 Å². The van der Waals surface area contributed by atoms with Crippen molar-refractivity contribution < 1.29 is 0 Å². The first kappa shape index (κ1) is 41.1. The maximum Gasteiger partial charge on any atom is 0.333 e. The van der Waals surface area contributed by atoms with Crippen LogP contribution in [0.4, 0.5) is 45.5 Å². The molecule has 12 aromatic rings. The molecule has 3 heterocycles. The normalized spacial score (nSPS) is 12.4. The molecule has 0 saturated carbocycles. The van der Waals surface area contributed by atoms with Crippen molar-refractivity contribution >= 4 is 94.8 Å². The molecule has 11 aromatic carbocycles. The molecule has 71 heavy (non-hydrogen) atoms. The monoisotopic (exact) mass is 921 g/mol. The van der Waals surface area contributed by atoms with Gasteiger partial charge in [0, 0.05) is 71.2 Å². The molecule has 2 aliphatic rings. The summed E-state index contributed by atoms with van der Waals surface area (Å²) in [6.45, 7) is -0.179. The minimum Gasteiger partial charge on any atom is -0.376 e. The molecule has 0 unspecified atom stereocenters. The fraction of sp³-hybridized carbons (Fsp3) is 0. The van der Waals surface area contributed by atoms with Gasteiger partial charge in [-0.2, -0.15) is 0 Å². The van der Waals surface area contributed by atoms with Gasteiger partial charge < -0.3 is 14.6 Å². The number of para-hydroxylation sites is 2. The predicted octanol–water partition coefficient (Wildman–Crippen LogP) is 17.2. The van der Waals surface area contributed by atoms with Crippen LogP contribution in [0, 0.1) is 0 Å². The zero-order valence-corrected chi connectivity index (χ0v) is 39.5. The summed E-state index contributed by atoms with van der Waals surface area (Å²) in [5, 5.41) is 2.59. The Morgan fingerprint density at radius 2 is 0.845 bits per heavy atom. The molecule has 0 spiro atoms. The van der Waals surface area contributed by atoms with Crippen LogP contribution in [0.3, 0.4) is 0 Å². The van der Waals surface area contributed by atoms with Gasteiger partial charge in [-0.05, 0) is 135 Å². The molecule has 0 radical (unpaired) electrons. The van der Waals surface area contributed by atoms with Crippen molar-refractivity contribution in [2.45, 2.75) is 0 Å². The highest BCUT2D eigenvalue weighted by Crippen LogP contribution is 2.53. The predicted molar refractivity (Wildman–Crippen MR) is 304 cm³/mol. The first-order valence-electron chi connectivity index (χ1n) is 24.4. The van der Waals surface area contributed by atoms with Crippen LogP contribution in [0.15, 0.2) is 267 Å². The molecule has 0 bridgehead atoms.